The fraction of sp³-hybridized carbons (Fsp3) is 0.381. The van der Waals surface area contributed by atoms with Gasteiger partial charge >= 0.3 is 0 Å². The van der Waals surface area contributed by atoms with Crippen molar-refractivity contribution in [2.24, 2.45) is 0 Å². The van der Waals surface area contributed by atoms with E-state index in [0.717, 1.165) is 77.7 Å². The average molecular weight is 1000 g/mol. The SMILES string of the molecule is BrCCOCCOc1ccc(C(=C(c2ccc(OCCOCCBr)cc2)c2ccc(OCCOCCBr)cc2)c2ccc(OCCOCCBr)cc2)cc1. The van der Waals surface area contributed by atoms with Gasteiger partial charge in [0.05, 0.1) is 52.9 Å². The first kappa shape index (κ1) is 44.3. The van der Waals surface area contributed by atoms with E-state index in [2.05, 4.69) is 112 Å². The lowest BCUT2D eigenvalue weighted by atomic mass is 9.85. The summed E-state index contributed by atoms with van der Waals surface area (Å²) in [4.78, 5) is 0. The van der Waals surface area contributed by atoms with Crippen molar-refractivity contribution >= 4 is 74.9 Å². The summed E-state index contributed by atoms with van der Waals surface area (Å²) >= 11 is 13.6. The van der Waals surface area contributed by atoms with Crippen LogP contribution in [0.2, 0.25) is 0 Å². The summed E-state index contributed by atoms with van der Waals surface area (Å²) in [5.74, 6) is 3.10. The van der Waals surface area contributed by atoms with Gasteiger partial charge in [-0.15, -0.1) is 0 Å². The molecule has 0 amide bonds. The number of hydrogen-bond acceptors (Lipinski definition) is 8. The van der Waals surface area contributed by atoms with Crippen molar-refractivity contribution < 1.29 is 37.9 Å². The maximum absolute atomic E-state index is 6.00. The normalized spacial score (nSPS) is 11.0. The lowest BCUT2D eigenvalue weighted by Crippen LogP contribution is -2.08. The van der Waals surface area contributed by atoms with Crippen LogP contribution < -0.4 is 18.9 Å². The molecule has 4 aromatic carbocycles. The van der Waals surface area contributed by atoms with Gasteiger partial charge in [0.15, 0.2) is 0 Å². The van der Waals surface area contributed by atoms with E-state index in [9.17, 15) is 0 Å². The molecule has 0 aliphatic rings. The zero-order chi connectivity index (χ0) is 38.1. The van der Waals surface area contributed by atoms with Gasteiger partial charge in [0.25, 0.3) is 0 Å². The topological polar surface area (TPSA) is 73.8 Å². The summed E-state index contributed by atoms with van der Waals surface area (Å²) in [6, 6.07) is 32.9. The molecule has 8 nitrogen and oxygen atoms in total. The molecule has 0 aliphatic carbocycles. The van der Waals surface area contributed by atoms with Gasteiger partial charge in [-0.3, -0.25) is 0 Å². The molecule has 292 valence electrons. The van der Waals surface area contributed by atoms with Crippen LogP contribution >= 0.6 is 63.7 Å². The van der Waals surface area contributed by atoms with E-state index >= 15 is 0 Å². The van der Waals surface area contributed by atoms with Crippen molar-refractivity contribution in [3.63, 3.8) is 0 Å². The zero-order valence-corrected chi connectivity index (χ0v) is 36.7. The summed E-state index contributed by atoms with van der Waals surface area (Å²) in [6.45, 7) is 6.54. The second kappa shape index (κ2) is 27.2. The summed E-state index contributed by atoms with van der Waals surface area (Å²) < 4.78 is 46.2. The molecule has 0 bridgehead atoms. The van der Waals surface area contributed by atoms with Gasteiger partial charge in [0.2, 0.25) is 0 Å². The van der Waals surface area contributed by atoms with Crippen molar-refractivity contribution in [1.29, 1.82) is 0 Å². The van der Waals surface area contributed by atoms with Gasteiger partial charge in [-0.2, -0.15) is 0 Å². The molecule has 0 aromatic heterocycles. The molecular weight excluding hydrogens is 952 g/mol. The smallest absolute Gasteiger partial charge is 0.119 e. The molecule has 54 heavy (non-hydrogen) atoms. The minimum atomic E-state index is 0.469. The molecule has 4 aromatic rings. The van der Waals surface area contributed by atoms with Gasteiger partial charge in [0.1, 0.15) is 49.4 Å². The molecule has 0 saturated heterocycles. The van der Waals surface area contributed by atoms with Crippen molar-refractivity contribution in [2.75, 3.05) is 101 Å². The molecule has 0 radical (unpaired) electrons. The summed E-state index contributed by atoms with van der Waals surface area (Å²) in [5.41, 5.74) is 6.19. The lowest BCUT2D eigenvalue weighted by Gasteiger charge is -2.19. The highest BCUT2D eigenvalue weighted by atomic mass is 79.9. The Kier molecular flexibility index (Phi) is 22.3. The first-order valence-corrected chi connectivity index (χ1v) is 22.4. The van der Waals surface area contributed by atoms with Gasteiger partial charge < -0.3 is 37.9 Å². The van der Waals surface area contributed by atoms with E-state index in [1.165, 1.54) is 0 Å². The Bertz CT molecular complexity index is 1360. The fourth-order valence-electron chi connectivity index (χ4n) is 5.28. The Balaban J connectivity index is 1.72. The highest BCUT2D eigenvalue weighted by molar-refractivity contribution is 9.09. The van der Waals surface area contributed by atoms with Crippen molar-refractivity contribution in [1.82, 2.24) is 0 Å². The minimum absolute atomic E-state index is 0.469. The number of ether oxygens (including phenoxy) is 8. The maximum atomic E-state index is 6.00. The van der Waals surface area contributed by atoms with Gasteiger partial charge in [-0.25, -0.2) is 0 Å². The summed E-state index contributed by atoms with van der Waals surface area (Å²) in [6.07, 6.45) is 0. The standard InChI is InChI=1S/C42H48Br4O8/c43-17-21-47-25-29-51-37-9-1-33(2-10-37)41(34-3-11-38(12-4-34)52-30-26-48-22-18-44)42(35-5-13-39(14-6-35)53-31-27-49-23-19-45)36-7-15-40(16-8-36)54-32-28-50-24-20-46/h1-16H,17-32H2. The summed E-state index contributed by atoms with van der Waals surface area (Å²) in [7, 11) is 0. The third kappa shape index (κ3) is 16.0. The van der Waals surface area contributed by atoms with Crippen molar-refractivity contribution in [3.8, 4) is 23.0 Å². The largest absolute Gasteiger partial charge is 0.491 e. The molecule has 0 saturated carbocycles. The van der Waals surface area contributed by atoms with Crippen LogP contribution in [0.15, 0.2) is 97.1 Å². The Morgan fingerprint density at radius 3 is 0.667 bits per heavy atom. The quantitative estimate of drug-likeness (QED) is 0.0317. The van der Waals surface area contributed by atoms with Crippen LogP contribution in [0.1, 0.15) is 22.3 Å². The van der Waals surface area contributed by atoms with E-state index in [0.29, 0.717) is 79.3 Å². The Morgan fingerprint density at radius 2 is 0.481 bits per heavy atom. The highest BCUT2D eigenvalue weighted by Gasteiger charge is 2.18. The van der Waals surface area contributed by atoms with Crippen LogP contribution in [0, 0.1) is 0 Å². The van der Waals surface area contributed by atoms with Crippen molar-refractivity contribution in [3.05, 3.63) is 119 Å². The van der Waals surface area contributed by atoms with E-state index in [4.69, 9.17) is 37.9 Å². The van der Waals surface area contributed by atoms with Crippen molar-refractivity contribution in [2.45, 2.75) is 0 Å². The molecule has 0 spiro atoms. The number of halogens is 4. The number of rotatable bonds is 28. The van der Waals surface area contributed by atoms with Crippen LogP contribution in [0.4, 0.5) is 0 Å². The second-order valence-corrected chi connectivity index (χ2v) is 14.6. The van der Waals surface area contributed by atoms with E-state index in [-0.39, 0.29) is 0 Å². The van der Waals surface area contributed by atoms with Crippen LogP contribution in [0.5, 0.6) is 23.0 Å². The molecule has 0 heterocycles. The van der Waals surface area contributed by atoms with Crippen LogP contribution in [-0.4, -0.2) is 101 Å². The molecular formula is C42H48Br4O8. The van der Waals surface area contributed by atoms with Gasteiger partial charge in [-0.1, -0.05) is 112 Å². The highest BCUT2D eigenvalue weighted by Crippen LogP contribution is 2.39. The van der Waals surface area contributed by atoms with Gasteiger partial charge in [-0.05, 0) is 81.9 Å². The second-order valence-electron chi connectivity index (χ2n) is 11.4. The molecule has 0 fully saturated rings. The van der Waals surface area contributed by atoms with Crippen LogP contribution in [0.25, 0.3) is 11.1 Å². The van der Waals surface area contributed by atoms with E-state index in [1.54, 1.807) is 0 Å². The van der Waals surface area contributed by atoms with E-state index < -0.39 is 0 Å². The predicted octanol–water partition coefficient (Wildman–Crippen LogP) is 9.86. The molecule has 0 unspecified atom stereocenters. The van der Waals surface area contributed by atoms with Gasteiger partial charge in [0, 0.05) is 21.3 Å². The third-order valence-corrected chi connectivity index (χ3v) is 8.99. The summed E-state index contributed by atoms with van der Waals surface area (Å²) in [5, 5.41) is 3.18. The third-order valence-electron chi connectivity index (χ3n) is 7.69. The number of alkyl halides is 4. The fourth-order valence-corrected chi connectivity index (χ4v) is 6.20. The van der Waals surface area contributed by atoms with E-state index in [1.807, 2.05) is 48.5 Å². The maximum Gasteiger partial charge on any atom is 0.119 e. The van der Waals surface area contributed by atoms with Crippen LogP contribution in [0.3, 0.4) is 0 Å². The Labute approximate surface area is 353 Å². The lowest BCUT2D eigenvalue weighted by molar-refractivity contribution is 0.112. The molecule has 12 heteroatoms. The molecule has 0 atom stereocenters. The Hall–Kier alpha value is -2.42. The van der Waals surface area contributed by atoms with Crippen LogP contribution in [-0.2, 0) is 18.9 Å². The monoisotopic (exact) mass is 996 g/mol. The zero-order valence-electron chi connectivity index (χ0n) is 30.3. The number of benzene rings is 4. The predicted molar refractivity (Wildman–Crippen MR) is 231 cm³/mol. The first-order chi connectivity index (χ1) is 26.7. The number of hydrogen-bond donors (Lipinski definition) is 0. The Morgan fingerprint density at radius 1 is 0.278 bits per heavy atom. The molecule has 4 rings (SSSR count). The molecule has 0 aliphatic heterocycles. The minimum Gasteiger partial charge on any atom is -0.491 e. The average Bonchev–Trinajstić information content (AvgIpc) is 3.21. The first-order valence-electron chi connectivity index (χ1n) is 17.9. The molecule has 0 N–H and O–H groups in total.